The monoisotopic (exact) mass is 362 g/mol. The number of amides is 1. The van der Waals surface area contributed by atoms with Gasteiger partial charge in [-0.3, -0.25) is 9.59 Å². The average molecular weight is 362 g/mol. The third kappa shape index (κ3) is 4.50. The van der Waals surface area contributed by atoms with Gasteiger partial charge >= 0.3 is 0 Å². The van der Waals surface area contributed by atoms with E-state index in [9.17, 15) is 9.59 Å². The molecule has 0 bridgehead atoms. The molecule has 0 radical (unpaired) electrons. The number of hydrogen-bond donors (Lipinski definition) is 1. The first-order chi connectivity index (χ1) is 12.9. The second kappa shape index (κ2) is 7.99. The summed E-state index contributed by atoms with van der Waals surface area (Å²) in [4.78, 5) is 28.3. The molecule has 1 amide bonds. The van der Waals surface area contributed by atoms with Crippen molar-refractivity contribution < 1.29 is 14.0 Å². The maximum absolute atomic E-state index is 12.0. The lowest BCUT2D eigenvalue weighted by Gasteiger charge is -2.07. The summed E-state index contributed by atoms with van der Waals surface area (Å²) in [5.41, 5.74) is 2.54. The van der Waals surface area contributed by atoms with Crippen LogP contribution in [-0.4, -0.2) is 16.7 Å². The standard InChI is InChI=1S/C22H22N2O3/c1-14(2)13-19(26)23-18-11-9-16(10-12-18)21-20(15(3)25)24-22(27-21)17-7-5-4-6-8-17/h4-12,14H,13H2,1-3H3,(H,23,26). The minimum absolute atomic E-state index is 0.0202. The van der Waals surface area contributed by atoms with Crippen molar-refractivity contribution in [1.29, 1.82) is 0 Å². The third-order valence-electron chi connectivity index (χ3n) is 4.01. The Morgan fingerprint density at radius 1 is 1.00 bits per heavy atom. The summed E-state index contributed by atoms with van der Waals surface area (Å²) < 4.78 is 5.90. The minimum atomic E-state index is -0.162. The van der Waals surface area contributed by atoms with Crippen molar-refractivity contribution in [1.82, 2.24) is 4.98 Å². The number of nitrogens with zero attached hydrogens (tertiary/aromatic N) is 1. The van der Waals surface area contributed by atoms with E-state index in [4.69, 9.17) is 4.42 Å². The summed E-state index contributed by atoms with van der Waals surface area (Å²) in [6.07, 6.45) is 0.471. The van der Waals surface area contributed by atoms with E-state index in [1.807, 2.05) is 56.3 Å². The number of nitrogens with one attached hydrogen (secondary N) is 1. The Morgan fingerprint density at radius 2 is 1.67 bits per heavy atom. The van der Waals surface area contributed by atoms with Crippen molar-refractivity contribution in [2.24, 2.45) is 5.92 Å². The predicted molar refractivity (Wildman–Crippen MR) is 105 cm³/mol. The van der Waals surface area contributed by atoms with Gasteiger partial charge in [-0.05, 0) is 42.3 Å². The lowest BCUT2D eigenvalue weighted by Crippen LogP contribution is -2.13. The van der Waals surface area contributed by atoms with Crippen LogP contribution in [-0.2, 0) is 4.79 Å². The molecule has 3 rings (SSSR count). The number of rotatable bonds is 6. The topological polar surface area (TPSA) is 72.2 Å². The minimum Gasteiger partial charge on any atom is -0.435 e. The van der Waals surface area contributed by atoms with Gasteiger partial charge in [-0.1, -0.05) is 32.0 Å². The lowest BCUT2D eigenvalue weighted by atomic mass is 10.1. The van der Waals surface area contributed by atoms with Gasteiger partial charge in [-0.25, -0.2) is 4.98 Å². The highest BCUT2D eigenvalue weighted by atomic mass is 16.4. The van der Waals surface area contributed by atoms with E-state index in [0.29, 0.717) is 35.4 Å². The fourth-order valence-corrected chi connectivity index (χ4v) is 2.75. The summed E-state index contributed by atoms with van der Waals surface area (Å²) in [6, 6.07) is 16.7. The van der Waals surface area contributed by atoms with Gasteiger partial charge in [0.25, 0.3) is 0 Å². The Labute approximate surface area is 158 Å². The molecule has 5 heteroatoms. The van der Waals surface area contributed by atoms with E-state index in [1.165, 1.54) is 6.92 Å². The molecule has 0 atom stereocenters. The molecule has 0 spiro atoms. The number of carbonyl (C=O) groups is 2. The molecule has 1 aromatic heterocycles. The molecule has 1 N–H and O–H groups in total. The zero-order chi connectivity index (χ0) is 19.4. The number of oxazole rings is 1. The molecule has 0 aliphatic carbocycles. The average Bonchev–Trinajstić information content (AvgIpc) is 3.08. The van der Waals surface area contributed by atoms with Crippen LogP contribution in [0.5, 0.6) is 0 Å². The molecular formula is C22H22N2O3. The summed E-state index contributed by atoms with van der Waals surface area (Å²) >= 11 is 0. The number of carbonyl (C=O) groups excluding carboxylic acids is 2. The van der Waals surface area contributed by atoms with Crippen molar-refractivity contribution in [3.05, 3.63) is 60.3 Å². The number of ketones is 1. The Bertz CT molecular complexity index is 941. The van der Waals surface area contributed by atoms with Gasteiger partial charge in [0.15, 0.2) is 17.2 Å². The number of anilines is 1. The van der Waals surface area contributed by atoms with Crippen LogP contribution < -0.4 is 5.32 Å². The smallest absolute Gasteiger partial charge is 0.227 e. The molecule has 1 heterocycles. The van der Waals surface area contributed by atoms with Crippen LogP contribution >= 0.6 is 0 Å². The summed E-state index contributed by atoms with van der Waals surface area (Å²) in [6.45, 7) is 5.47. The normalized spacial score (nSPS) is 10.8. The van der Waals surface area contributed by atoms with E-state index >= 15 is 0 Å². The van der Waals surface area contributed by atoms with E-state index in [1.54, 1.807) is 12.1 Å². The first kappa shape index (κ1) is 18.6. The van der Waals surface area contributed by atoms with Crippen molar-refractivity contribution in [3.63, 3.8) is 0 Å². The second-order valence-electron chi connectivity index (χ2n) is 6.84. The fraction of sp³-hybridized carbons (Fsp3) is 0.227. The molecule has 3 aromatic rings. The zero-order valence-electron chi connectivity index (χ0n) is 15.7. The number of Topliss-reactive ketones (excluding diaryl/α,β-unsaturated/α-hetero) is 1. The summed E-state index contributed by atoms with van der Waals surface area (Å²) in [5.74, 6) is 0.956. The number of hydrogen-bond acceptors (Lipinski definition) is 4. The Kier molecular flexibility index (Phi) is 5.50. The molecule has 0 fully saturated rings. The van der Waals surface area contributed by atoms with Crippen LogP contribution in [0.1, 0.15) is 37.7 Å². The van der Waals surface area contributed by atoms with Crippen LogP contribution in [0.2, 0.25) is 0 Å². The first-order valence-electron chi connectivity index (χ1n) is 8.91. The SMILES string of the molecule is CC(=O)c1nc(-c2ccccc2)oc1-c1ccc(NC(=O)CC(C)C)cc1. The van der Waals surface area contributed by atoms with E-state index in [-0.39, 0.29) is 11.7 Å². The molecule has 0 saturated heterocycles. The molecule has 0 aliphatic rings. The highest BCUT2D eigenvalue weighted by molar-refractivity contribution is 5.98. The Hall–Kier alpha value is -3.21. The van der Waals surface area contributed by atoms with Gasteiger partial charge in [0.05, 0.1) is 0 Å². The van der Waals surface area contributed by atoms with Gasteiger partial charge in [-0.15, -0.1) is 0 Å². The van der Waals surface area contributed by atoms with Gasteiger partial charge in [-0.2, -0.15) is 0 Å². The third-order valence-corrected chi connectivity index (χ3v) is 4.01. The highest BCUT2D eigenvalue weighted by Gasteiger charge is 2.19. The molecule has 0 saturated carbocycles. The van der Waals surface area contributed by atoms with Crippen molar-refractivity contribution in [2.45, 2.75) is 27.2 Å². The summed E-state index contributed by atoms with van der Waals surface area (Å²) in [5, 5.41) is 2.87. The van der Waals surface area contributed by atoms with Crippen molar-refractivity contribution >= 4 is 17.4 Å². The zero-order valence-corrected chi connectivity index (χ0v) is 15.7. The van der Waals surface area contributed by atoms with Crippen LogP contribution in [0.15, 0.2) is 59.0 Å². The number of benzene rings is 2. The predicted octanol–water partition coefficient (Wildman–Crippen LogP) is 5.20. The van der Waals surface area contributed by atoms with E-state index in [0.717, 1.165) is 11.1 Å². The molecule has 138 valence electrons. The molecule has 0 aliphatic heterocycles. The summed E-state index contributed by atoms with van der Waals surface area (Å²) in [7, 11) is 0. The van der Waals surface area contributed by atoms with Crippen LogP contribution in [0.4, 0.5) is 5.69 Å². The van der Waals surface area contributed by atoms with Crippen LogP contribution in [0.25, 0.3) is 22.8 Å². The van der Waals surface area contributed by atoms with Gasteiger partial charge in [0.1, 0.15) is 0 Å². The molecule has 2 aromatic carbocycles. The first-order valence-corrected chi connectivity index (χ1v) is 8.91. The molecular weight excluding hydrogens is 340 g/mol. The van der Waals surface area contributed by atoms with Crippen molar-refractivity contribution in [3.8, 4) is 22.8 Å². The molecule has 0 unspecified atom stereocenters. The fourth-order valence-electron chi connectivity index (χ4n) is 2.75. The molecule has 27 heavy (non-hydrogen) atoms. The second-order valence-corrected chi connectivity index (χ2v) is 6.84. The lowest BCUT2D eigenvalue weighted by molar-refractivity contribution is -0.116. The number of aromatic nitrogens is 1. The van der Waals surface area contributed by atoms with E-state index < -0.39 is 0 Å². The molecule has 5 nitrogen and oxygen atoms in total. The van der Waals surface area contributed by atoms with Gasteiger partial charge < -0.3 is 9.73 Å². The van der Waals surface area contributed by atoms with E-state index in [2.05, 4.69) is 10.3 Å². The van der Waals surface area contributed by atoms with Crippen LogP contribution in [0.3, 0.4) is 0 Å². The highest BCUT2D eigenvalue weighted by Crippen LogP contribution is 2.31. The quantitative estimate of drug-likeness (QED) is 0.612. The van der Waals surface area contributed by atoms with Crippen LogP contribution in [0, 0.1) is 5.92 Å². The maximum Gasteiger partial charge on any atom is 0.227 e. The van der Waals surface area contributed by atoms with Gasteiger partial charge in [0.2, 0.25) is 11.8 Å². The largest absolute Gasteiger partial charge is 0.435 e. The maximum atomic E-state index is 12.0. The Morgan fingerprint density at radius 3 is 2.26 bits per heavy atom. The van der Waals surface area contributed by atoms with Crippen molar-refractivity contribution in [2.75, 3.05) is 5.32 Å². The van der Waals surface area contributed by atoms with Gasteiger partial charge in [0, 0.05) is 30.2 Å². The Balaban J connectivity index is 1.88.